The highest BCUT2D eigenvalue weighted by Gasteiger charge is 2.02. The van der Waals surface area contributed by atoms with Gasteiger partial charge in [0.15, 0.2) is 6.61 Å². The first-order valence-corrected chi connectivity index (χ1v) is 7.67. The number of rotatable bonds is 9. The second-order valence-corrected chi connectivity index (χ2v) is 5.03. The quantitative estimate of drug-likeness (QED) is 0.318. The Morgan fingerprint density at radius 2 is 1.71 bits per heavy atom. The van der Waals surface area contributed by atoms with Crippen LogP contribution in [0.2, 0.25) is 0 Å². The van der Waals surface area contributed by atoms with E-state index >= 15 is 0 Å². The van der Waals surface area contributed by atoms with Crippen LogP contribution in [0.3, 0.4) is 0 Å². The third-order valence-corrected chi connectivity index (χ3v) is 3.04. The molecule has 24 heavy (non-hydrogen) atoms. The Morgan fingerprint density at radius 1 is 1.04 bits per heavy atom. The van der Waals surface area contributed by atoms with Gasteiger partial charge in [-0.05, 0) is 17.7 Å². The Hall–Kier alpha value is -3.02. The minimum absolute atomic E-state index is 0.180. The van der Waals surface area contributed by atoms with Crippen LogP contribution in [0.15, 0.2) is 65.8 Å². The summed E-state index contributed by atoms with van der Waals surface area (Å²) in [4.78, 5) is 16.5. The highest BCUT2D eigenvalue weighted by atomic mass is 16.6. The van der Waals surface area contributed by atoms with Gasteiger partial charge in [0.2, 0.25) is 0 Å². The predicted octanol–water partition coefficient (Wildman–Crippen LogP) is 1.71. The number of ether oxygens (including phenoxy) is 1. The predicted molar refractivity (Wildman–Crippen MR) is 92.7 cm³/mol. The molecule has 6 heteroatoms. The van der Waals surface area contributed by atoms with Crippen molar-refractivity contribution in [2.45, 2.75) is 6.42 Å². The van der Waals surface area contributed by atoms with Crippen LogP contribution in [0.5, 0.6) is 5.75 Å². The van der Waals surface area contributed by atoms with E-state index in [1.165, 1.54) is 0 Å². The molecule has 0 aliphatic heterocycles. The maximum Gasteiger partial charge on any atom is 0.260 e. The lowest BCUT2D eigenvalue weighted by atomic mass is 10.1. The lowest BCUT2D eigenvalue weighted by Crippen LogP contribution is -2.31. The fourth-order valence-corrected chi connectivity index (χ4v) is 1.94. The molecule has 0 bridgehead atoms. The number of carbonyl (C=O) groups is 1. The van der Waals surface area contributed by atoms with Crippen molar-refractivity contribution in [3.63, 3.8) is 0 Å². The number of amides is 1. The molecule has 0 unspecified atom stereocenters. The average molecular weight is 327 g/mol. The van der Waals surface area contributed by atoms with Crippen LogP contribution in [0.25, 0.3) is 0 Å². The molecular formula is C18H21N3O3. The molecule has 0 fully saturated rings. The summed E-state index contributed by atoms with van der Waals surface area (Å²) in [7, 11) is 0. The van der Waals surface area contributed by atoms with E-state index in [1.807, 2.05) is 60.7 Å². The SMILES string of the molecule is N/C(Cc1ccccc1)=N\OCC(=O)NCCOc1ccccc1. The van der Waals surface area contributed by atoms with Crippen molar-refractivity contribution in [2.75, 3.05) is 19.8 Å². The number of oxime groups is 1. The molecule has 0 atom stereocenters. The summed E-state index contributed by atoms with van der Waals surface area (Å²) < 4.78 is 5.46. The largest absolute Gasteiger partial charge is 0.492 e. The summed E-state index contributed by atoms with van der Waals surface area (Å²) in [6, 6.07) is 19.1. The Bertz CT molecular complexity index is 645. The molecular weight excluding hydrogens is 306 g/mol. The van der Waals surface area contributed by atoms with Crippen molar-refractivity contribution in [1.82, 2.24) is 5.32 Å². The Kier molecular flexibility index (Phi) is 7.14. The van der Waals surface area contributed by atoms with Gasteiger partial charge in [0.1, 0.15) is 18.2 Å². The Morgan fingerprint density at radius 3 is 2.42 bits per heavy atom. The number of para-hydroxylation sites is 1. The van der Waals surface area contributed by atoms with Crippen LogP contribution < -0.4 is 15.8 Å². The molecule has 2 aromatic rings. The van der Waals surface area contributed by atoms with Crippen molar-refractivity contribution in [3.05, 3.63) is 66.2 Å². The van der Waals surface area contributed by atoms with Gasteiger partial charge in [-0.2, -0.15) is 0 Å². The first-order chi connectivity index (χ1) is 11.7. The monoisotopic (exact) mass is 327 g/mol. The molecule has 0 aliphatic carbocycles. The zero-order chi connectivity index (χ0) is 17.0. The minimum atomic E-state index is -0.275. The molecule has 6 nitrogen and oxygen atoms in total. The molecule has 0 saturated carbocycles. The summed E-state index contributed by atoms with van der Waals surface area (Å²) in [6.45, 7) is 0.594. The second-order valence-electron chi connectivity index (χ2n) is 5.03. The van der Waals surface area contributed by atoms with Gasteiger partial charge < -0.3 is 20.6 Å². The average Bonchev–Trinajstić information content (AvgIpc) is 2.60. The van der Waals surface area contributed by atoms with E-state index in [-0.39, 0.29) is 12.5 Å². The zero-order valence-corrected chi connectivity index (χ0v) is 13.4. The number of nitrogens with one attached hydrogen (secondary N) is 1. The normalized spacial score (nSPS) is 10.9. The molecule has 0 aromatic heterocycles. The smallest absolute Gasteiger partial charge is 0.260 e. The topological polar surface area (TPSA) is 85.9 Å². The zero-order valence-electron chi connectivity index (χ0n) is 13.4. The van der Waals surface area contributed by atoms with Gasteiger partial charge in [0.25, 0.3) is 5.91 Å². The van der Waals surface area contributed by atoms with Crippen molar-refractivity contribution >= 4 is 11.7 Å². The Labute approximate surface area is 141 Å². The molecule has 1 amide bonds. The number of hydrogen-bond acceptors (Lipinski definition) is 4. The van der Waals surface area contributed by atoms with Gasteiger partial charge in [-0.1, -0.05) is 53.7 Å². The maximum atomic E-state index is 11.6. The van der Waals surface area contributed by atoms with Gasteiger partial charge in [0.05, 0.1) is 6.54 Å². The van der Waals surface area contributed by atoms with Crippen LogP contribution in [-0.2, 0) is 16.1 Å². The van der Waals surface area contributed by atoms with E-state index in [2.05, 4.69) is 10.5 Å². The van der Waals surface area contributed by atoms with Crippen LogP contribution in [0.4, 0.5) is 0 Å². The van der Waals surface area contributed by atoms with Gasteiger partial charge in [-0.15, -0.1) is 0 Å². The van der Waals surface area contributed by atoms with E-state index in [1.54, 1.807) is 0 Å². The molecule has 0 aliphatic rings. The van der Waals surface area contributed by atoms with Crippen LogP contribution >= 0.6 is 0 Å². The summed E-state index contributed by atoms with van der Waals surface area (Å²) >= 11 is 0. The highest BCUT2D eigenvalue weighted by Crippen LogP contribution is 2.07. The maximum absolute atomic E-state index is 11.6. The fourth-order valence-electron chi connectivity index (χ4n) is 1.94. The Balaban J connectivity index is 1.58. The number of nitrogens with zero attached hydrogens (tertiary/aromatic N) is 1. The van der Waals surface area contributed by atoms with E-state index in [9.17, 15) is 4.79 Å². The minimum Gasteiger partial charge on any atom is -0.492 e. The molecule has 0 saturated heterocycles. The van der Waals surface area contributed by atoms with Gasteiger partial charge in [-0.25, -0.2) is 0 Å². The second kappa shape index (κ2) is 9.89. The van der Waals surface area contributed by atoms with Gasteiger partial charge in [-0.3, -0.25) is 4.79 Å². The fraction of sp³-hybridized carbons (Fsp3) is 0.222. The molecule has 3 N–H and O–H groups in total. The molecule has 0 radical (unpaired) electrons. The van der Waals surface area contributed by atoms with E-state index in [4.69, 9.17) is 15.3 Å². The number of carbonyl (C=O) groups excluding carboxylic acids is 1. The van der Waals surface area contributed by atoms with Crippen molar-refractivity contribution in [3.8, 4) is 5.75 Å². The molecule has 126 valence electrons. The van der Waals surface area contributed by atoms with Crippen LogP contribution in [0, 0.1) is 0 Å². The number of amidine groups is 1. The van der Waals surface area contributed by atoms with Crippen molar-refractivity contribution in [1.29, 1.82) is 0 Å². The summed E-state index contributed by atoms with van der Waals surface area (Å²) in [5.74, 6) is 0.811. The summed E-state index contributed by atoms with van der Waals surface area (Å²) in [5.41, 5.74) is 6.78. The first-order valence-electron chi connectivity index (χ1n) is 7.67. The van der Waals surface area contributed by atoms with Gasteiger partial charge in [0, 0.05) is 6.42 Å². The molecule has 2 aromatic carbocycles. The van der Waals surface area contributed by atoms with Crippen LogP contribution in [0.1, 0.15) is 5.56 Å². The lowest BCUT2D eigenvalue weighted by Gasteiger charge is -2.07. The van der Waals surface area contributed by atoms with E-state index in [0.29, 0.717) is 25.4 Å². The van der Waals surface area contributed by atoms with Crippen molar-refractivity contribution < 1.29 is 14.4 Å². The summed E-state index contributed by atoms with van der Waals surface area (Å²) in [6.07, 6.45) is 0.480. The van der Waals surface area contributed by atoms with Gasteiger partial charge >= 0.3 is 0 Å². The standard InChI is InChI=1S/C18H21N3O3/c19-17(13-15-7-3-1-4-8-15)21-24-14-18(22)20-11-12-23-16-9-5-2-6-10-16/h1-10H,11-14H2,(H2,19,21)(H,20,22). The highest BCUT2D eigenvalue weighted by molar-refractivity contribution is 5.82. The molecule has 0 spiro atoms. The van der Waals surface area contributed by atoms with Crippen LogP contribution in [-0.4, -0.2) is 31.5 Å². The van der Waals surface area contributed by atoms with Crippen molar-refractivity contribution in [2.24, 2.45) is 10.9 Å². The third-order valence-electron chi connectivity index (χ3n) is 3.04. The number of nitrogens with two attached hydrogens (primary N) is 1. The third kappa shape index (κ3) is 6.83. The number of hydrogen-bond donors (Lipinski definition) is 2. The molecule has 2 rings (SSSR count). The number of benzene rings is 2. The lowest BCUT2D eigenvalue weighted by molar-refractivity contribution is -0.125. The first kappa shape index (κ1) is 17.3. The van der Waals surface area contributed by atoms with E-state index < -0.39 is 0 Å². The summed E-state index contributed by atoms with van der Waals surface area (Å²) in [5, 5.41) is 6.41. The molecule has 0 heterocycles. The van der Waals surface area contributed by atoms with E-state index in [0.717, 1.165) is 11.3 Å².